The average Bonchev–Trinajstić information content (AvgIpc) is 2.94. The summed E-state index contributed by atoms with van der Waals surface area (Å²) in [5.74, 6) is 0. The van der Waals surface area contributed by atoms with Crippen molar-refractivity contribution < 1.29 is 4.92 Å². The third-order valence-electron chi connectivity index (χ3n) is 3.88. The smallest absolute Gasteiger partial charge is 0.293 e. The van der Waals surface area contributed by atoms with E-state index in [1.807, 2.05) is 6.07 Å². The Balaban J connectivity index is 1.89. The lowest BCUT2D eigenvalue weighted by Crippen LogP contribution is -2.33. The molecule has 1 N–H and O–H groups in total. The Morgan fingerprint density at radius 1 is 1.45 bits per heavy atom. The summed E-state index contributed by atoms with van der Waals surface area (Å²) in [6.45, 7) is 1.62. The lowest BCUT2D eigenvalue weighted by molar-refractivity contribution is -0.384. The molecule has 1 aromatic rings. The molecule has 6 heteroatoms. The second-order valence-corrected chi connectivity index (χ2v) is 6.18. The number of nitro groups is 1. The zero-order chi connectivity index (χ0) is 14.5. The van der Waals surface area contributed by atoms with Crippen LogP contribution in [0.2, 0.25) is 0 Å². The van der Waals surface area contributed by atoms with Crippen LogP contribution in [-0.4, -0.2) is 36.0 Å². The van der Waals surface area contributed by atoms with E-state index in [9.17, 15) is 10.1 Å². The third-order valence-corrected chi connectivity index (χ3v) is 4.38. The van der Waals surface area contributed by atoms with Crippen LogP contribution in [0.4, 0.5) is 11.4 Å². The van der Waals surface area contributed by atoms with Crippen LogP contribution in [0.15, 0.2) is 22.7 Å². The van der Waals surface area contributed by atoms with Gasteiger partial charge in [0.1, 0.15) is 5.69 Å². The molecular weight excluding hydrogens is 322 g/mol. The molecule has 0 unspecified atom stereocenters. The molecule has 1 aliphatic rings. The molecule has 0 aliphatic heterocycles. The number of hydrogen-bond donors (Lipinski definition) is 1. The molecule has 20 heavy (non-hydrogen) atoms. The molecule has 0 radical (unpaired) electrons. The summed E-state index contributed by atoms with van der Waals surface area (Å²) < 4.78 is 0.720. The Labute approximate surface area is 127 Å². The molecule has 1 aliphatic carbocycles. The van der Waals surface area contributed by atoms with E-state index in [0.29, 0.717) is 11.7 Å². The zero-order valence-corrected chi connectivity index (χ0v) is 13.2. The van der Waals surface area contributed by atoms with Crippen LogP contribution in [-0.2, 0) is 0 Å². The number of halogens is 1. The zero-order valence-electron chi connectivity index (χ0n) is 11.6. The second kappa shape index (κ2) is 7.04. The fourth-order valence-electron chi connectivity index (χ4n) is 2.70. The lowest BCUT2D eigenvalue weighted by atomic mass is 10.2. The van der Waals surface area contributed by atoms with Crippen LogP contribution in [0, 0.1) is 10.1 Å². The quantitative estimate of drug-likeness (QED) is 0.633. The standard InChI is InChI=1S/C14H20BrN3O2/c1-17(12-4-2-3-5-12)9-8-16-13-7-6-11(15)10-14(13)18(19)20/h6-7,10,12,16H,2-5,8-9H2,1H3. The summed E-state index contributed by atoms with van der Waals surface area (Å²) in [5, 5.41) is 14.2. The van der Waals surface area contributed by atoms with Gasteiger partial charge in [0, 0.05) is 29.7 Å². The number of nitrogens with one attached hydrogen (secondary N) is 1. The molecule has 1 fully saturated rings. The summed E-state index contributed by atoms with van der Waals surface area (Å²) in [6.07, 6.45) is 5.19. The Hall–Kier alpha value is -1.14. The van der Waals surface area contributed by atoms with Crippen LogP contribution in [0.5, 0.6) is 0 Å². The van der Waals surface area contributed by atoms with Gasteiger partial charge in [-0.1, -0.05) is 28.8 Å². The Morgan fingerprint density at radius 2 is 2.15 bits per heavy atom. The first kappa shape index (κ1) is 15.3. The van der Waals surface area contributed by atoms with Crippen LogP contribution >= 0.6 is 15.9 Å². The van der Waals surface area contributed by atoms with Gasteiger partial charge in [0.05, 0.1) is 4.92 Å². The number of rotatable bonds is 6. The van der Waals surface area contributed by atoms with Gasteiger partial charge in [-0.3, -0.25) is 10.1 Å². The first-order valence-electron chi connectivity index (χ1n) is 6.96. The monoisotopic (exact) mass is 341 g/mol. The molecule has 0 spiro atoms. The van der Waals surface area contributed by atoms with Crippen molar-refractivity contribution in [3.8, 4) is 0 Å². The highest BCUT2D eigenvalue weighted by molar-refractivity contribution is 9.10. The predicted octanol–water partition coefficient (Wildman–Crippen LogP) is 3.64. The van der Waals surface area contributed by atoms with Crippen LogP contribution < -0.4 is 5.32 Å². The van der Waals surface area contributed by atoms with Gasteiger partial charge in [0.2, 0.25) is 0 Å². The molecule has 5 nitrogen and oxygen atoms in total. The number of nitrogens with zero attached hydrogens (tertiary/aromatic N) is 2. The molecule has 2 rings (SSSR count). The third kappa shape index (κ3) is 3.93. The molecule has 1 aromatic carbocycles. The molecule has 0 amide bonds. The minimum atomic E-state index is -0.353. The number of likely N-dealkylation sites (N-methyl/N-ethyl adjacent to an activating group) is 1. The minimum Gasteiger partial charge on any atom is -0.378 e. The maximum atomic E-state index is 11.0. The number of nitro benzene ring substituents is 1. The number of hydrogen-bond acceptors (Lipinski definition) is 4. The lowest BCUT2D eigenvalue weighted by Gasteiger charge is -2.24. The van der Waals surface area contributed by atoms with Crippen molar-refractivity contribution >= 4 is 27.3 Å². The van der Waals surface area contributed by atoms with Gasteiger partial charge in [0.15, 0.2) is 0 Å². The summed E-state index contributed by atoms with van der Waals surface area (Å²) in [5.41, 5.74) is 0.695. The highest BCUT2D eigenvalue weighted by Gasteiger charge is 2.19. The van der Waals surface area contributed by atoms with Gasteiger partial charge in [-0.2, -0.15) is 0 Å². The van der Waals surface area contributed by atoms with Crippen LogP contribution in [0.1, 0.15) is 25.7 Å². The summed E-state index contributed by atoms with van der Waals surface area (Å²) >= 11 is 3.26. The normalized spacial score (nSPS) is 15.8. The average molecular weight is 342 g/mol. The van der Waals surface area contributed by atoms with Crippen molar-refractivity contribution in [2.45, 2.75) is 31.7 Å². The van der Waals surface area contributed by atoms with Crippen molar-refractivity contribution in [3.05, 3.63) is 32.8 Å². The summed E-state index contributed by atoms with van der Waals surface area (Å²) in [7, 11) is 2.13. The SMILES string of the molecule is CN(CCNc1ccc(Br)cc1[N+](=O)[O-])C1CCCC1. The molecule has 0 heterocycles. The van der Waals surface area contributed by atoms with Gasteiger partial charge in [-0.15, -0.1) is 0 Å². The van der Waals surface area contributed by atoms with E-state index in [1.165, 1.54) is 31.7 Å². The van der Waals surface area contributed by atoms with Crippen molar-refractivity contribution in [3.63, 3.8) is 0 Å². The summed E-state index contributed by atoms with van der Waals surface area (Å²) in [6, 6.07) is 5.77. The van der Waals surface area contributed by atoms with Crippen LogP contribution in [0.3, 0.4) is 0 Å². The Morgan fingerprint density at radius 3 is 2.80 bits per heavy atom. The van der Waals surface area contributed by atoms with Crippen molar-refractivity contribution in [1.82, 2.24) is 4.90 Å². The summed E-state index contributed by atoms with van der Waals surface area (Å²) in [4.78, 5) is 13.0. The fraction of sp³-hybridized carbons (Fsp3) is 0.571. The van der Waals surface area contributed by atoms with E-state index < -0.39 is 0 Å². The molecular formula is C14H20BrN3O2. The number of anilines is 1. The molecule has 1 saturated carbocycles. The molecule has 0 aromatic heterocycles. The van der Waals surface area contributed by atoms with Gasteiger partial charge in [-0.25, -0.2) is 0 Å². The first-order valence-corrected chi connectivity index (χ1v) is 7.75. The largest absolute Gasteiger partial charge is 0.378 e. The highest BCUT2D eigenvalue weighted by Crippen LogP contribution is 2.28. The topological polar surface area (TPSA) is 58.4 Å². The van der Waals surface area contributed by atoms with Crippen molar-refractivity contribution in [2.75, 3.05) is 25.5 Å². The van der Waals surface area contributed by atoms with Gasteiger partial charge < -0.3 is 10.2 Å². The van der Waals surface area contributed by atoms with Crippen LogP contribution in [0.25, 0.3) is 0 Å². The molecule has 0 atom stereocenters. The van der Waals surface area contributed by atoms with Crippen molar-refractivity contribution in [1.29, 1.82) is 0 Å². The van der Waals surface area contributed by atoms with E-state index in [2.05, 4.69) is 33.2 Å². The Bertz CT molecular complexity index is 475. The van der Waals surface area contributed by atoms with Gasteiger partial charge in [-0.05, 0) is 32.0 Å². The minimum absolute atomic E-state index is 0.114. The van der Waals surface area contributed by atoms with E-state index in [4.69, 9.17) is 0 Å². The van der Waals surface area contributed by atoms with Gasteiger partial charge in [0.25, 0.3) is 5.69 Å². The van der Waals surface area contributed by atoms with E-state index in [0.717, 1.165) is 17.6 Å². The maximum Gasteiger partial charge on any atom is 0.293 e. The van der Waals surface area contributed by atoms with E-state index >= 15 is 0 Å². The highest BCUT2D eigenvalue weighted by atomic mass is 79.9. The first-order chi connectivity index (χ1) is 9.58. The molecule has 110 valence electrons. The van der Waals surface area contributed by atoms with Crippen molar-refractivity contribution in [2.24, 2.45) is 0 Å². The predicted molar refractivity (Wildman–Crippen MR) is 84.2 cm³/mol. The fourth-order valence-corrected chi connectivity index (χ4v) is 3.05. The van der Waals surface area contributed by atoms with Gasteiger partial charge >= 0.3 is 0 Å². The van der Waals surface area contributed by atoms with E-state index in [-0.39, 0.29) is 10.6 Å². The molecule has 0 bridgehead atoms. The maximum absolute atomic E-state index is 11.0. The molecule has 0 saturated heterocycles. The number of benzene rings is 1. The van der Waals surface area contributed by atoms with E-state index in [1.54, 1.807) is 6.07 Å². The second-order valence-electron chi connectivity index (χ2n) is 5.26. The Kier molecular flexibility index (Phi) is 5.37.